The van der Waals surface area contributed by atoms with E-state index in [0.717, 1.165) is 17.0 Å². The van der Waals surface area contributed by atoms with E-state index in [-0.39, 0.29) is 12.0 Å². The van der Waals surface area contributed by atoms with Crippen molar-refractivity contribution in [3.05, 3.63) is 228 Å². The molecular formula is C54H38N2. The molecule has 0 spiro atoms. The molecule has 56 heavy (non-hydrogen) atoms. The van der Waals surface area contributed by atoms with Crippen LogP contribution in [0.3, 0.4) is 0 Å². The van der Waals surface area contributed by atoms with Gasteiger partial charge in [-0.25, -0.2) is 0 Å². The van der Waals surface area contributed by atoms with Crippen molar-refractivity contribution in [3.8, 4) is 33.4 Å². The van der Waals surface area contributed by atoms with Gasteiger partial charge in [-0.1, -0.05) is 188 Å². The highest BCUT2D eigenvalue weighted by Gasteiger charge is 2.34. The van der Waals surface area contributed by atoms with Crippen molar-refractivity contribution in [1.82, 2.24) is 0 Å². The highest BCUT2D eigenvalue weighted by molar-refractivity contribution is 6.18. The maximum Gasteiger partial charge on any atom is 0.0805 e. The Bertz CT molecular complexity index is 2980. The molecule has 2 aliphatic heterocycles. The minimum absolute atomic E-state index is 0.0450. The van der Waals surface area contributed by atoms with Gasteiger partial charge in [0.2, 0.25) is 0 Å². The molecule has 0 aliphatic carbocycles. The first-order valence-electron chi connectivity index (χ1n) is 19.5. The summed E-state index contributed by atoms with van der Waals surface area (Å²) >= 11 is 0. The lowest BCUT2D eigenvalue weighted by atomic mass is 9.79. The smallest absolute Gasteiger partial charge is 0.0805 e. The molecule has 9 aromatic rings. The Morgan fingerprint density at radius 1 is 0.429 bits per heavy atom. The lowest BCUT2D eigenvalue weighted by Gasteiger charge is -2.39. The zero-order valence-electron chi connectivity index (χ0n) is 31.1. The molecule has 264 valence electrons. The molecule has 9 aromatic carbocycles. The number of para-hydroxylation sites is 2. The van der Waals surface area contributed by atoms with Crippen LogP contribution in [0, 0.1) is 0 Å². The molecule has 11 rings (SSSR count). The summed E-state index contributed by atoms with van der Waals surface area (Å²) in [5, 5.41) is 5.23. The van der Waals surface area contributed by atoms with Crippen LogP contribution < -0.4 is 4.90 Å². The first-order valence-corrected chi connectivity index (χ1v) is 19.5. The van der Waals surface area contributed by atoms with Gasteiger partial charge in [-0.3, -0.25) is 4.99 Å². The van der Waals surface area contributed by atoms with Crippen LogP contribution in [0.5, 0.6) is 0 Å². The van der Waals surface area contributed by atoms with Gasteiger partial charge < -0.3 is 4.90 Å². The summed E-state index contributed by atoms with van der Waals surface area (Å²) in [6, 6.07) is 73.2. The fraction of sp³-hybridized carbons (Fsp3) is 0.0556. The molecule has 0 N–H and O–H groups in total. The Labute approximate surface area is 327 Å². The molecule has 0 radical (unpaired) electrons. The zero-order valence-corrected chi connectivity index (χ0v) is 31.1. The van der Waals surface area contributed by atoms with Crippen molar-refractivity contribution in [2.75, 3.05) is 11.9 Å². The molecular weight excluding hydrogens is 677 g/mol. The van der Waals surface area contributed by atoms with Crippen LogP contribution in [0.1, 0.15) is 39.8 Å². The van der Waals surface area contributed by atoms with Crippen molar-refractivity contribution in [2.45, 2.75) is 12.0 Å². The summed E-state index contributed by atoms with van der Waals surface area (Å²) in [5.74, 6) is 0.0450. The molecule has 0 saturated heterocycles. The fourth-order valence-corrected chi connectivity index (χ4v) is 9.42. The second-order valence-corrected chi connectivity index (χ2v) is 15.1. The number of hydrogen-bond acceptors (Lipinski definition) is 2. The molecule has 2 heterocycles. The quantitative estimate of drug-likeness (QED) is 0.162. The molecule has 2 nitrogen and oxygen atoms in total. The number of fused-ring (bicyclic) bond motifs is 9. The molecule has 0 bridgehead atoms. The summed E-state index contributed by atoms with van der Waals surface area (Å²) in [6.07, 6.45) is 0. The van der Waals surface area contributed by atoms with E-state index in [2.05, 4.69) is 212 Å². The van der Waals surface area contributed by atoms with Gasteiger partial charge in [0.05, 0.1) is 23.4 Å². The SMILES string of the molecule is CN1c2ccccc2-c2c(c3ccccc3c3ccccc23)C1c1ccc(-c2cccc(C3C(c4ccc(-c5ccccc5)cc4)=Nc4ccccc43)c2)cc1. The topological polar surface area (TPSA) is 15.6 Å². The number of anilines is 1. The van der Waals surface area contributed by atoms with E-state index >= 15 is 0 Å². The molecule has 0 fully saturated rings. The van der Waals surface area contributed by atoms with Gasteiger partial charge in [-0.2, -0.15) is 0 Å². The second-order valence-electron chi connectivity index (χ2n) is 15.1. The van der Waals surface area contributed by atoms with Crippen LogP contribution >= 0.6 is 0 Å². The number of benzene rings is 9. The van der Waals surface area contributed by atoms with Crippen molar-refractivity contribution in [3.63, 3.8) is 0 Å². The minimum atomic E-state index is 0.0450. The van der Waals surface area contributed by atoms with Crippen molar-refractivity contribution in [1.29, 1.82) is 0 Å². The van der Waals surface area contributed by atoms with E-state index in [1.807, 2.05) is 0 Å². The van der Waals surface area contributed by atoms with E-state index in [4.69, 9.17) is 4.99 Å². The third kappa shape index (κ3) is 5.14. The molecule has 0 aromatic heterocycles. The second kappa shape index (κ2) is 13.1. The van der Waals surface area contributed by atoms with Crippen molar-refractivity contribution >= 4 is 38.6 Å². The van der Waals surface area contributed by atoms with Gasteiger partial charge in [0.25, 0.3) is 0 Å². The average molecular weight is 715 g/mol. The Morgan fingerprint density at radius 2 is 1.00 bits per heavy atom. The minimum Gasteiger partial charge on any atom is -0.363 e. The highest BCUT2D eigenvalue weighted by Crippen LogP contribution is 2.52. The number of aliphatic imine (C=N–C) groups is 1. The normalized spacial score (nSPS) is 15.7. The van der Waals surface area contributed by atoms with Crippen molar-refractivity contribution < 1.29 is 0 Å². The molecule has 2 unspecified atom stereocenters. The average Bonchev–Trinajstić information content (AvgIpc) is 3.67. The van der Waals surface area contributed by atoms with E-state index in [9.17, 15) is 0 Å². The van der Waals surface area contributed by atoms with Crippen LogP contribution in [-0.2, 0) is 0 Å². The third-order valence-corrected chi connectivity index (χ3v) is 12.0. The molecule has 0 saturated carbocycles. The summed E-state index contributed by atoms with van der Waals surface area (Å²) in [6.45, 7) is 0. The maximum atomic E-state index is 5.24. The number of nitrogens with zero attached hydrogens (tertiary/aromatic N) is 2. The summed E-state index contributed by atoms with van der Waals surface area (Å²) < 4.78 is 0. The van der Waals surface area contributed by atoms with Crippen LogP contribution in [0.2, 0.25) is 0 Å². The molecule has 2 aliphatic rings. The van der Waals surface area contributed by atoms with Gasteiger partial charge in [0.15, 0.2) is 0 Å². The predicted molar refractivity (Wildman–Crippen MR) is 235 cm³/mol. The van der Waals surface area contributed by atoms with Crippen LogP contribution in [0.15, 0.2) is 205 Å². The Kier molecular flexibility index (Phi) is 7.57. The summed E-state index contributed by atoms with van der Waals surface area (Å²) in [4.78, 5) is 7.71. The van der Waals surface area contributed by atoms with Crippen LogP contribution in [0.25, 0.3) is 54.9 Å². The third-order valence-electron chi connectivity index (χ3n) is 12.0. The zero-order chi connectivity index (χ0) is 37.2. The van der Waals surface area contributed by atoms with E-state index < -0.39 is 0 Å². The first-order chi connectivity index (χ1) is 27.7. The Hall–Kier alpha value is -7.03. The maximum absolute atomic E-state index is 5.24. The van der Waals surface area contributed by atoms with Gasteiger partial charge in [-0.05, 0) is 89.3 Å². The molecule has 2 heteroatoms. The monoisotopic (exact) mass is 714 g/mol. The van der Waals surface area contributed by atoms with Gasteiger partial charge in [-0.15, -0.1) is 0 Å². The van der Waals surface area contributed by atoms with Crippen LogP contribution in [-0.4, -0.2) is 12.8 Å². The van der Waals surface area contributed by atoms with Gasteiger partial charge >= 0.3 is 0 Å². The van der Waals surface area contributed by atoms with E-state index in [1.165, 1.54) is 82.9 Å². The summed E-state index contributed by atoms with van der Waals surface area (Å²) in [5.41, 5.74) is 17.2. The lowest BCUT2D eigenvalue weighted by molar-refractivity contribution is 0.782. The Morgan fingerprint density at radius 3 is 1.80 bits per heavy atom. The number of hydrogen-bond donors (Lipinski definition) is 0. The summed E-state index contributed by atoms with van der Waals surface area (Å²) in [7, 11) is 2.25. The number of rotatable bonds is 5. The van der Waals surface area contributed by atoms with E-state index in [0.29, 0.717) is 0 Å². The lowest BCUT2D eigenvalue weighted by Crippen LogP contribution is -2.29. The van der Waals surface area contributed by atoms with E-state index in [1.54, 1.807) is 0 Å². The van der Waals surface area contributed by atoms with Crippen molar-refractivity contribution in [2.24, 2.45) is 4.99 Å². The molecule has 0 amide bonds. The van der Waals surface area contributed by atoms with Gasteiger partial charge in [0.1, 0.15) is 0 Å². The Balaban J connectivity index is 0.983. The van der Waals surface area contributed by atoms with Gasteiger partial charge in [0, 0.05) is 18.3 Å². The largest absolute Gasteiger partial charge is 0.363 e. The highest BCUT2D eigenvalue weighted by atomic mass is 15.1. The predicted octanol–water partition coefficient (Wildman–Crippen LogP) is 13.8. The first kappa shape index (κ1) is 32.4. The van der Waals surface area contributed by atoms with Crippen LogP contribution in [0.4, 0.5) is 11.4 Å². The standard InChI is InChI=1S/C54H38N2/c1-56-49-25-12-10-23-47(49)51-44-20-7-5-18-42(44)43-19-6-8-21-45(43)52(51)54(56)39-32-28-37(29-33-39)40-16-13-17-41(34-40)50-46-22-9-11-24-48(46)55-53(50)38-30-26-36(27-31-38)35-14-3-2-4-15-35/h2-34,50,54H,1H3. The fourth-order valence-electron chi connectivity index (χ4n) is 9.42. The molecule has 2 atom stereocenters.